The molecule has 0 aromatic heterocycles. The number of aliphatic hydroxyl groups excluding tert-OH is 1. The Morgan fingerprint density at radius 3 is 2.67 bits per heavy atom. The summed E-state index contributed by atoms with van der Waals surface area (Å²) in [7, 11) is -3.55. The molecular weight excluding hydrogens is 254 g/mol. The number of nitrogens with zero attached hydrogens (tertiary/aromatic N) is 1. The zero-order valence-corrected chi connectivity index (χ0v) is 11.1. The molecule has 1 atom stereocenters. The highest BCUT2D eigenvalue weighted by Gasteiger charge is 2.33. The van der Waals surface area contributed by atoms with Gasteiger partial charge in [-0.15, -0.1) is 0 Å². The molecule has 0 spiro atoms. The molecule has 0 saturated carbocycles. The SMILES string of the molecule is Cc1ccc(S(=O)(=O)N2CCOCC2CO)cc1. The van der Waals surface area contributed by atoms with Gasteiger partial charge in [0.1, 0.15) is 0 Å². The van der Waals surface area contributed by atoms with Gasteiger partial charge in [-0.1, -0.05) is 17.7 Å². The number of hydrogen-bond acceptors (Lipinski definition) is 4. The maximum absolute atomic E-state index is 12.4. The fraction of sp³-hybridized carbons (Fsp3) is 0.500. The monoisotopic (exact) mass is 271 g/mol. The number of rotatable bonds is 3. The Morgan fingerprint density at radius 2 is 2.06 bits per heavy atom. The van der Waals surface area contributed by atoms with Crippen molar-refractivity contribution in [3.8, 4) is 0 Å². The van der Waals surface area contributed by atoms with E-state index < -0.39 is 16.1 Å². The second-order valence-corrected chi connectivity index (χ2v) is 6.23. The smallest absolute Gasteiger partial charge is 0.243 e. The van der Waals surface area contributed by atoms with Crippen LogP contribution in [0.2, 0.25) is 0 Å². The summed E-state index contributed by atoms with van der Waals surface area (Å²) in [5.41, 5.74) is 1.01. The van der Waals surface area contributed by atoms with Crippen LogP contribution in [0.3, 0.4) is 0 Å². The van der Waals surface area contributed by atoms with Crippen LogP contribution in [0.4, 0.5) is 0 Å². The van der Waals surface area contributed by atoms with Gasteiger partial charge in [-0.2, -0.15) is 4.31 Å². The van der Waals surface area contributed by atoms with Crippen molar-refractivity contribution in [1.82, 2.24) is 4.31 Å². The molecule has 1 aliphatic heterocycles. The second kappa shape index (κ2) is 5.36. The summed E-state index contributed by atoms with van der Waals surface area (Å²) >= 11 is 0. The number of ether oxygens (including phenoxy) is 1. The molecule has 1 saturated heterocycles. The molecule has 1 fully saturated rings. The molecule has 18 heavy (non-hydrogen) atoms. The number of hydrogen-bond donors (Lipinski definition) is 1. The van der Waals surface area contributed by atoms with Crippen molar-refractivity contribution >= 4 is 10.0 Å². The molecule has 1 aliphatic rings. The van der Waals surface area contributed by atoms with E-state index in [1.807, 2.05) is 6.92 Å². The number of aryl methyl sites for hydroxylation is 1. The van der Waals surface area contributed by atoms with Crippen molar-refractivity contribution in [2.75, 3.05) is 26.4 Å². The Balaban J connectivity index is 2.32. The fourth-order valence-corrected chi connectivity index (χ4v) is 3.53. The molecule has 1 unspecified atom stereocenters. The normalized spacial score (nSPS) is 22.0. The van der Waals surface area contributed by atoms with E-state index >= 15 is 0 Å². The van der Waals surface area contributed by atoms with E-state index in [-0.39, 0.29) is 24.7 Å². The zero-order chi connectivity index (χ0) is 13.2. The van der Waals surface area contributed by atoms with Crippen LogP contribution in [0.15, 0.2) is 29.2 Å². The third kappa shape index (κ3) is 2.56. The van der Waals surface area contributed by atoms with E-state index in [0.717, 1.165) is 5.56 Å². The summed E-state index contributed by atoms with van der Waals surface area (Å²) in [5, 5.41) is 9.23. The van der Waals surface area contributed by atoms with Crippen molar-refractivity contribution in [2.24, 2.45) is 0 Å². The number of benzene rings is 1. The molecule has 1 aromatic carbocycles. The van der Waals surface area contributed by atoms with Gasteiger partial charge in [0.15, 0.2) is 0 Å². The molecule has 0 radical (unpaired) electrons. The Kier molecular flexibility index (Phi) is 4.01. The summed E-state index contributed by atoms with van der Waals surface area (Å²) in [4.78, 5) is 0.258. The van der Waals surface area contributed by atoms with Crippen LogP contribution in [0, 0.1) is 6.92 Å². The lowest BCUT2D eigenvalue weighted by Gasteiger charge is -2.33. The first-order valence-electron chi connectivity index (χ1n) is 5.83. The lowest BCUT2D eigenvalue weighted by Crippen LogP contribution is -2.50. The van der Waals surface area contributed by atoms with Crippen molar-refractivity contribution in [1.29, 1.82) is 0 Å². The number of sulfonamides is 1. The van der Waals surface area contributed by atoms with E-state index in [0.29, 0.717) is 6.61 Å². The first-order chi connectivity index (χ1) is 8.55. The lowest BCUT2D eigenvalue weighted by molar-refractivity contribution is 0.0109. The zero-order valence-electron chi connectivity index (χ0n) is 10.2. The first kappa shape index (κ1) is 13.5. The van der Waals surface area contributed by atoms with Crippen LogP contribution < -0.4 is 0 Å². The van der Waals surface area contributed by atoms with E-state index in [2.05, 4.69) is 0 Å². The quantitative estimate of drug-likeness (QED) is 0.863. The van der Waals surface area contributed by atoms with Crippen LogP contribution in [-0.4, -0.2) is 50.2 Å². The highest BCUT2D eigenvalue weighted by molar-refractivity contribution is 7.89. The number of aliphatic hydroxyl groups is 1. The predicted octanol–water partition coefficient (Wildman–Crippen LogP) is 0.377. The standard InChI is InChI=1S/C12H17NO4S/c1-10-2-4-12(5-3-10)18(15,16)13-6-7-17-9-11(13)8-14/h2-5,11,14H,6-9H2,1H3. The minimum atomic E-state index is -3.55. The Bertz CT molecular complexity index is 497. The van der Waals surface area contributed by atoms with Crippen LogP contribution >= 0.6 is 0 Å². The molecular formula is C12H17NO4S. The van der Waals surface area contributed by atoms with Crippen LogP contribution in [0.1, 0.15) is 5.56 Å². The third-order valence-electron chi connectivity index (χ3n) is 3.01. The third-order valence-corrected chi connectivity index (χ3v) is 4.98. The van der Waals surface area contributed by atoms with Gasteiger partial charge in [-0.3, -0.25) is 0 Å². The van der Waals surface area contributed by atoms with E-state index in [4.69, 9.17) is 4.74 Å². The maximum atomic E-state index is 12.4. The van der Waals surface area contributed by atoms with E-state index in [1.165, 1.54) is 4.31 Å². The summed E-state index contributed by atoms with van der Waals surface area (Å²) < 4.78 is 31.4. The van der Waals surface area contributed by atoms with Gasteiger partial charge in [0.05, 0.1) is 30.8 Å². The Morgan fingerprint density at radius 1 is 1.39 bits per heavy atom. The van der Waals surface area contributed by atoms with E-state index in [9.17, 15) is 13.5 Å². The van der Waals surface area contributed by atoms with Gasteiger partial charge in [-0.25, -0.2) is 8.42 Å². The Hall–Kier alpha value is -0.950. The topological polar surface area (TPSA) is 66.8 Å². The molecule has 6 heteroatoms. The van der Waals surface area contributed by atoms with E-state index in [1.54, 1.807) is 24.3 Å². The summed E-state index contributed by atoms with van der Waals surface area (Å²) in [6, 6.07) is 6.22. The summed E-state index contributed by atoms with van der Waals surface area (Å²) in [5.74, 6) is 0. The summed E-state index contributed by atoms with van der Waals surface area (Å²) in [6.45, 7) is 2.55. The van der Waals surface area contributed by atoms with Crippen molar-refractivity contribution in [3.05, 3.63) is 29.8 Å². The lowest BCUT2D eigenvalue weighted by atomic mass is 10.2. The largest absolute Gasteiger partial charge is 0.395 e. The van der Waals surface area contributed by atoms with Crippen molar-refractivity contribution < 1.29 is 18.3 Å². The van der Waals surface area contributed by atoms with Crippen LogP contribution in [-0.2, 0) is 14.8 Å². The van der Waals surface area contributed by atoms with Gasteiger partial charge in [-0.05, 0) is 19.1 Å². The molecule has 1 aromatic rings. The Labute approximate surface area is 107 Å². The molecule has 0 amide bonds. The number of morpholine rings is 1. The minimum absolute atomic E-state index is 0.231. The van der Waals surface area contributed by atoms with Gasteiger partial charge in [0.25, 0.3) is 0 Å². The highest BCUT2D eigenvalue weighted by Crippen LogP contribution is 2.20. The first-order valence-corrected chi connectivity index (χ1v) is 7.27. The molecule has 5 nitrogen and oxygen atoms in total. The van der Waals surface area contributed by atoms with Gasteiger partial charge >= 0.3 is 0 Å². The van der Waals surface area contributed by atoms with Gasteiger partial charge < -0.3 is 9.84 Å². The fourth-order valence-electron chi connectivity index (χ4n) is 1.95. The molecule has 0 bridgehead atoms. The molecule has 2 rings (SSSR count). The van der Waals surface area contributed by atoms with Crippen molar-refractivity contribution in [3.63, 3.8) is 0 Å². The van der Waals surface area contributed by atoms with Crippen LogP contribution in [0.25, 0.3) is 0 Å². The average Bonchev–Trinajstić information content (AvgIpc) is 2.39. The minimum Gasteiger partial charge on any atom is -0.395 e. The maximum Gasteiger partial charge on any atom is 0.243 e. The van der Waals surface area contributed by atoms with Crippen LogP contribution in [0.5, 0.6) is 0 Å². The summed E-state index contributed by atoms with van der Waals surface area (Å²) in [6.07, 6.45) is 0. The predicted molar refractivity (Wildman–Crippen MR) is 66.8 cm³/mol. The van der Waals surface area contributed by atoms with Gasteiger partial charge in [0, 0.05) is 6.54 Å². The molecule has 1 N–H and O–H groups in total. The molecule has 1 heterocycles. The highest BCUT2D eigenvalue weighted by atomic mass is 32.2. The average molecular weight is 271 g/mol. The van der Waals surface area contributed by atoms with Gasteiger partial charge in [0.2, 0.25) is 10.0 Å². The molecule has 100 valence electrons. The molecule has 0 aliphatic carbocycles. The van der Waals surface area contributed by atoms with Crippen molar-refractivity contribution in [2.45, 2.75) is 17.9 Å². The second-order valence-electron chi connectivity index (χ2n) is 4.34.